The van der Waals surface area contributed by atoms with Crippen LogP contribution >= 0.6 is 0 Å². The lowest BCUT2D eigenvalue weighted by atomic mass is 9.87. The standard InChI is InChI=1S/C22H32N2O4/c1-15(2)11-21(25)24-13-18(17-8-7-16(27-3)12-20(17)28-4)19(14-24)22(26)23-9-5-6-10-23/h7-8,12,15,18-19H,5-6,9-11,13-14H2,1-4H3. The Kier molecular flexibility index (Phi) is 6.47. The average molecular weight is 389 g/mol. The normalized spacial score (nSPS) is 22.0. The Morgan fingerprint density at radius 3 is 2.39 bits per heavy atom. The molecule has 2 fully saturated rings. The smallest absolute Gasteiger partial charge is 0.228 e. The fourth-order valence-corrected chi connectivity index (χ4v) is 4.35. The number of rotatable bonds is 6. The van der Waals surface area contributed by atoms with E-state index in [1.54, 1.807) is 14.2 Å². The van der Waals surface area contributed by atoms with Gasteiger partial charge in [0.05, 0.1) is 20.1 Å². The number of methoxy groups -OCH3 is 2. The zero-order valence-corrected chi connectivity index (χ0v) is 17.4. The van der Waals surface area contributed by atoms with Gasteiger partial charge in [-0.25, -0.2) is 0 Å². The highest BCUT2D eigenvalue weighted by atomic mass is 16.5. The third kappa shape index (κ3) is 4.26. The van der Waals surface area contributed by atoms with Crippen molar-refractivity contribution in [1.29, 1.82) is 0 Å². The van der Waals surface area contributed by atoms with E-state index in [9.17, 15) is 9.59 Å². The Hall–Kier alpha value is -2.24. The van der Waals surface area contributed by atoms with Gasteiger partial charge in [-0.05, 0) is 24.8 Å². The Bertz CT molecular complexity index is 712. The molecular formula is C22H32N2O4. The summed E-state index contributed by atoms with van der Waals surface area (Å²) in [6.07, 6.45) is 2.63. The summed E-state index contributed by atoms with van der Waals surface area (Å²) in [4.78, 5) is 29.8. The van der Waals surface area contributed by atoms with Crippen LogP contribution in [-0.2, 0) is 9.59 Å². The molecule has 0 saturated carbocycles. The molecule has 6 nitrogen and oxygen atoms in total. The van der Waals surface area contributed by atoms with Crippen molar-refractivity contribution in [2.45, 2.75) is 39.0 Å². The lowest BCUT2D eigenvalue weighted by Gasteiger charge is -2.25. The molecule has 0 bridgehead atoms. The molecular weight excluding hydrogens is 356 g/mol. The molecule has 0 aliphatic carbocycles. The third-order valence-electron chi connectivity index (χ3n) is 5.83. The average Bonchev–Trinajstić information content (AvgIpc) is 3.36. The summed E-state index contributed by atoms with van der Waals surface area (Å²) in [7, 11) is 3.25. The molecule has 2 atom stereocenters. The summed E-state index contributed by atoms with van der Waals surface area (Å²) in [6.45, 7) is 6.78. The van der Waals surface area contributed by atoms with Crippen LogP contribution in [0.1, 0.15) is 44.6 Å². The van der Waals surface area contributed by atoms with E-state index < -0.39 is 0 Å². The van der Waals surface area contributed by atoms with Crippen molar-refractivity contribution in [3.8, 4) is 11.5 Å². The number of nitrogens with zero attached hydrogens (tertiary/aromatic N) is 2. The van der Waals surface area contributed by atoms with Crippen LogP contribution in [-0.4, -0.2) is 62.0 Å². The van der Waals surface area contributed by atoms with Crippen molar-refractivity contribution in [3.05, 3.63) is 23.8 Å². The molecule has 6 heteroatoms. The fourth-order valence-electron chi connectivity index (χ4n) is 4.35. The van der Waals surface area contributed by atoms with Gasteiger partial charge in [-0.1, -0.05) is 19.9 Å². The van der Waals surface area contributed by atoms with Crippen LogP contribution in [0.3, 0.4) is 0 Å². The highest BCUT2D eigenvalue weighted by Crippen LogP contribution is 2.40. The maximum atomic E-state index is 13.3. The fraction of sp³-hybridized carbons (Fsp3) is 0.636. The monoisotopic (exact) mass is 388 g/mol. The van der Waals surface area contributed by atoms with Crippen LogP contribution in [0.5, 0.6) is 11.5 Å². The number of ether oxygens (including phenoxy) is 2. The molecule has 154 valence electrons. The summed E-state index contributed by atoms with van der Waals surface area (Å²) in [6, 6.07) is 5.72. The molecule has 0 spiro atoms. The first-order chi connectivity index (χ1) is 13.4. The zero-order valence-electron chi connectivity index (χ0n) is 17.4. The predicted octanol–water partition coefficient (Wildman–Crippen LogP) is 2.91. The third-order valence-corrected chi connectivity index (χ3v) is 5.83. The van der Waals surface area contributed by atoms with Gasteiger partial charge in [0.25, 0.3) is 0 Å². The van der Waals surface area contributed by atoms with E-state index in [-0.39, 0.29) is 23.7 Å². The SMILES string of the molecule is COc1ccc(C2CN(C(=O)CC(C)C)CC2C(=O)N2CCCC2)c(OC)c1. The minimum atomic E-state index is -0.225. The van der Waals surface area contributed by atoms with Crippen LogP contribution in [0, 0.1) is 11.8 Å². The van der Waals surface area contributed by atoms with Crippen molar-refractivity contribution < 1.29 is 19.1 Å². The number of hydrogen-bond acceptors (Lipinski definition) is 4. The number of amides is 2. The highest BCUT2D eigenvalue weighted by Gasteiger charge is 2.43. The van der Waals surface area contributed by atoms with Gasteiger partial charge in [-0.2, -0.15) is 0 Å². The van der Waals surface area contributed by atoms with Crippen LogP contribution in [0.15, 0.2) is 18.2 Å². The van der Waals surface area contributed by atoms with Crippen molar-refractivity contribution in [2.24, 2.45) is 11.8 Å². The summed E-state index contributed by atoms with van der Waals surface area (Å²) in [5.41, 5.74) is 0.973. The molecule has 2 heterocycles. The maximum Gasteiger partial charge on any atom is 0.228 e. The minimum absolute atomic E-state index is 0.0648. The zero-order chi connectivity index (χ0) is 20.3. The molecule has 0 aromatic heterocycles. The van der Waals surface area contributed by atoms with Crippen molar-refractivity contribution in [1.82, 2.24) is 9.80 Å². The summed E-state index contributed by atoms with van der Waals surface area (Å²) < 4.78 is 10.9. The first kappa shape index (κ1) is 20.5. The van der Waals surface area contributed by atoms with Crippen LogP contribution < -0.4 is 9.47 Å². The maximum absolute atomic E-state index is 13.3. The van der Waals surface area contributed by atoms with E-state index >= 15 is 0 Å². The number of likely N-dealkylation sites (tertiary alicyclic amines) is 2. The van der Waals surface area contributed by atoms with Gasteiger partial charge in [-0.3, -0.25) is 9.59 Å². The van der Waals surface area contributed by atoms with E-state index in [0.717, 1.165) is 31.5 Å². The number of carbonyl (C=O) groups excluding carboxylic acids is 2. The summed E-state index contributed by atoms with van der Waals surface area (Å²) >= 11 is 0. The van der Waals surface area contributed by atoms with Crippen molar-refractivity contribution in [3.63, 3.8) is 0 Å². The topological polar surface area (TPSA) is 59.1 Å². The second-order valence-corrected chi connectivity index (χ2v) is 8.25. The number of benzene rings is 1. The second kappa shape index (κ2) is 8.84. The molecule has 3 rings (SSSR count). The Morgan fingerprint density at radius 2 is 1.79 bits per heavy atom. The number of hydrogen-bond donors (Lipinski definition) is 0. The second-order valence-electron chi connectivity index (χ2n) is 8.25. The summed E-state index contributed by atoms with van der Waals surface area (Å²) in [5.74, 6) is 1.73. The Labute approximate surface area is 167 Å². The molecule has 2 saturated heterocycles. The van der Waals surface area contributed by atoms with Gasteiger partial charge >= 0.3 is 0 Å². The molecule has 2 unspecified atom stereocenters. The quantitative estimate of drug-likeness (QED) is 0.752. The molecule has 2 amide bonds. The van der Waals surface area contributed by atoms with E-state index in [1.165, 1.54) is 0 Å². The van der Waals surface area contributed by atoms with E-state index in [4.69, 9.17) is 9.47 Å². The van der Waals surface area contributed by atoms with Gasteiger partial charge in [-0.15, -0.1) is 0 Å². The molecule has 1 aromatic carbocycles. The largest absolute Gasteiger partial charge is 0.497 e. The Morgan fingerprint density at radius 1 is 1.07 bits per heavy atom. The molecule has 0 radical (unpaired) electrons. The molecule has 2 aliphatic rings. The predicted molar refractivity (Wildman–Crippen MR) is 108 cm³/mol. The van der Waals surface area contributed by atoms with Crippen LogP contribution in [0.4, 0.5) is 0 Å². The molecule has 2 aliphatic heterocycles. The lowest BCUT2D eigenvalue weighted by molar-refractivity contribution is -0.135. The summed E-state index contributed by atoms with van der Waals surface area (Å²) in [5, 5.41) is 0. The van der Waals surface area contributed by atoms with E-state index in [2.05, 4.69) is 0 Å². The van der Waals surface area contributed by atoms with Gasteiger partial charge in [0.15, 0.2) is 0 Å². The number of carbonyl (C=O) groups is 2. The minimum Gasteiger partial charge on any atom is -0.497 e. The van der Waals surface area contributed by atoms with E-state index in [1.807, 2.05) is 41.8 Å². The van der Waals surface area contributed by atoms with Crippen molar-refractivity contribution >= 4 is 11.8 Å². The lowest BCUT2D eigenvalue weighted by Crippen LogP contribution is -2.37. The van der Waals surface area contributed by atoms with Crippen LogP contribution in [0.2, 0.25) is 0 Å². The van der Waals surface area contributed by atoms with Gasteiger partial charge in [0, 0.05) is 50.1 Å². The van der Waals surface area contributed by atoms with Gasteiger partial charge in [0.1, 0.15) is 11.5 Å². The van der Waals surface area contributed by atoms with Gasteiger partial charge in [0.2, 0.25) is 11.8 Å². The highest BCUT2D eigenvalue weighted by molar-refractivity contribution is 5.84. The Balaban J connectivity index is 1.90. The van der Waals surface area contributed by atoms with Crippen molar-refractivity contribution in [2.75, 3.05) is 40.4 Å². The van der Waals surface area contributed by atoms with Crippen LogP contribution in [0.25, 0.3) is 0 Å². The molecule has 0 N–H and O–H groups in total. The first-order valence-corrected chi connectivity index (χ1v) is 10.2. The van der Waals surface area contributed by atoms with Gasteiger partial charge < -0.3 is 19.3 Å². The first-order valence-electron chi connectivity index (χ1n) is 10.2. The molecule has 1 aromatic rings. The molecule has 28 heavy (non-hydrogen) atoms. The van der Waals surface area contributed by atoms with E-state index in [0.29, 0.717) is 36.9 Å².